The monoisotopic (exact) mass is 339 g/mol. The van der Waals surface area contributed by atoms with Gasteiger partial charge in [0.05, 0.1) is 11.0 Å². The molecule has 4 nitrogen and oxygen atoms in total. The summed E-state index contributed by atoms with van der Waals surface area (Å²) in [4.78, 5) is 0.415. The largest absolute Gasteiger partial charge is 0.378 e. The number of ether oxygens (including phenoxy) is 1. The van der Waals surface area contributed by atoms with Crippen molar-refractivity contribution < 1.29 is 13.2 Å². The number of rotatable bonds is 5. The minimum Gasteiger partial charge on any atom is -0.378 e. The van der Waals surface area contributed by atoms with E-state index >= 15 is 0 Å². The first-order valence-electron chi connectivity index (χ1n) is 8.34. The summed E-state index contributed by atoms with van der Waals surface area (Å²) in [6, 6.07) is 3.98. The molecule has 1 heterocycles. The second-order valence-corrected chi connectivity index (χ2v) is 9.21. The van der Waals surface area contributed by atoms with Crippen molar-refractivity contribution in [2.75, 3.05) is 13.2 Å². The zero-order valence-electron chi connectivity index (χ0n) is 14.9. The Morgan fingerprint density at radius 2 is 1.83 bits per heavy atom. The third-order valence-electron chi connectivity index (χ3n) is 4.38. The molecule has 1 fully saturated rings. The Morgan fingerprint density at radius 1 is 1.22 bits per heavy atom. The number of aryl methyl sites for hydroxylation is 2. The van der Waals surface area contributed by atoms with Crippen LogP contribution in [0.15, 0.2) is 17.0 Å². The van der Waals surface area contributed by atoms with Crippen molar-refractivity contribution in [2.24, 2.45) is 0 Å². The van der Waals surface area contributed by atoms with Crippen LogP contribution in [0.2, 0.25) is 0 Å². The van der Waals surface area contributed by atoms with Gasteiger partial charge < -0.3 is 4.74 Å². The van der Waals surface area contributed by atoms with Gasteiger partial charge in [-0.05, 0) is 55.2 Å². The Kier molecular flexibility index (Phi) is 5.54. The van der Waals surface area contributed by atoms with Gasteiger partial charge in [0.25, 0.3) is 0 Å². The van der Waals surface area contributed by atoms with Gasteiger partial charge in [-0.15, -0.1) is 0 Å². The van der Waals surface area contributed by atoms with Gasteiger partial charge in [-0.2, -0.15) is 0 Å². The molecule has 2 rings (SSSR count). The fraction of sp³-hybridized carbons (Fsp3) is 0.667. The minimum absolute atomic E-state index is 0.00501. The fourth-order valence-corrected chi connectivity index (χ4v) is 4.60. The van der Waals surface area contributed by atoms with Gasteiger partial charge in [-0.1, -0.05) is 32.9 Å². The molecule has 1 aromatic carbocycles. The van der Waals surface area contributed by atoms with Crippen molar-refractivity contribution in [1.29, 1.82) is 0 Å². The molecule has 0 unspecified atom stereocenters. The summed E-state index contributed by atoms with van der Waals surface area (Å²) < 4.78 is 33.6. The Labute approximate surface area is 140 Å². The first kappa shape index (κ1) is 18.4. The molecule has 23 heavy (non-hydrogen) atoms. The zero-order chi connectivity index (χ0) is 17.3. The topological polar surface area (TPSA) is 55.4 Å². The normalized spacial score (nSPS) is 19.3. The van der Waals surface area contributed by atoms with Gasteiger partial charge in [-0.3, -0.25) is 0 Å². The van der Waals surface area contributed by atoms with E-state index in [4.69, 9.17) is 4.74 Å². The molecule has 0 saturated carbocycles. The van der Waals surface area contributed by atoms with E-state index in [2.05, 4.69) is 25.5 Å². The highest BCUT2D eigenvalue weighted by Crippen LogP contribution is 2.29. The highest BCUT2D eigenvalue weighted by Gasteiger charge is 2.23. The standard InChI is InChI=1S/C18H29NO3S/c1-13-11-15(18(3,4)5)12-14(2)17(13)23(20,21)19-9-8-16-7-6-10-22-16/h11-12,16,19H,6-10H2,1-5H3/t16-/m0/s1. The second kappa shape index (κ2) is 6.91. The van der Waals surface area contributed by atoms with Gasteiger partial charge >= 0.3 is 0 Å². The lowest BCUT2D eigenvalue weighted by molar-refractivity contribution is 0.105. The van der Waals surface area contributed by atoms with Gasteiger partial charge in [0, 0.05) is 13.2 Å². The van der Waals surface area contributed by atoms with Crippen molar-refractivity contribution in [3.05, 3.63) is 28.8 Å². The maximum atomic E-state index is 12.7. The Hall–Kier alpha value is -0.910. The molecule has 1 aliphatic heterocycles. The molecule has 1 N–H and O–H groups in total. The van der Waals surface area contributed by atoms with Crippen LogP contribution in [0.3, 0.4) is 0 Å². The smallest absolute Gasteiger partial charge is 0.241 e. The van der Waals surface area contributed by atoms with Crippen LogP contribution in [0.4, 0.5) is 0 Å². The third-order valence-corrected chi connectivity index (χ3v) is 6.14. The number of hydrogen-bond donors (Lipinski definition) is 1. The maximum absolute atomic E-state index is 12.7. The van der Waals surface area contributed by atoms with Crippen LogP contribution >= 0.6 is 0 Å². The van der Waals surface area contributed by atoms with E-state index in [0.29, 0.717) is 11.4 Å². The van der Waals surface area contributed by atoms with Crippen LogP contribution in [0.25, 0.3) is 0 Å². The van der Waals surface area contributed by atoms with E-state index in [1.54, 1.807) is 0 Å². The summed E-state index contributed by atoms with van der Waals surface area (Å²) in [5, 5.41) is 0. The second-order valence-electron chi connectivity index (χ2n) is 7.51. The molecule has 1 aromatic rings. The van der Waals surface area contributed by atoms with Crippen LogP contribution in [0.1, 0.15) is 56.7 Å². The Morgan fingerprint density at radius 3 is 2.30 bits per heavy atom. The fourth-order valence-electron chi connectivity index (χ4n) is 3.11. The third kappa shape index (κ3) is 4.55. The molecule has 0 spiro atoms. The van der Waals surface area contributed by atoms with Gasteiger partial charge in [0.2, 0.25) is 10.0 Å². The molecule has 1 saturated heterocycles. The Balaban J connectivity index is 2.15. The lowest BCUT2D eigenvalue weighted by Crippen LogP contribution is -2.28. The zero-order valence-corrected chi connectivity index (χ0v) is 15.7. The molecule has 0 amide bonds. The number of hydrogen-bond acceptors (Lipinski definition) is 3. The summed E-state index contributed by atoms with van der Waals surface area (Å²) in [6.45, 7) is 11.4. The van der Waals surface area contributed by atoms with Crippen molar-refractivity contribution in [2.45, 2.75) is 70.3 Å². The summed E-state index contributed by atoms with van der Waals surface area (Å²) in [5.41, 5.74) is 2.77. The predicted molar refractivity (Wildman–Crippen MR) is 93.4 cm³/mol. The molecule has 1 atom stereocenters. The number of nitrogens with one attached hydrogen (secondary N) is 1. The SMILES string of the molecule is Cc1cc(C(C)(C)C)cc(C)c1S(=O)(=O)NCC[C@@H]1CCCO1. The quantitative estimate of drug-likeness (QED) is 0.894. The van der Waals surface area contributed by atoms with E-state index in [9.17, 15) is 8.42 Å². The van der Waals surface area contributed by atoms with Gasteiger partial charge in [0.1, 0.15) is 0 Å². The van der Waals surface area contributed by atoms with E-state index in [1.807, 2.05) is 26.0 Å². The van der Waals surface area contributed by atoms with Crippen molar-refractivity contribution in [3.8, 4) is 0 Å². The molecule has 130 valence electrons. The van der Waals surface area contributed by atoms with E-state index in [-0.39, 0.29) is 11.5 Å². The van der Waals surface area contributed by atoms with Crippen molar-refractivity contribution in [1.82, 2.24) is 4.72 Å². The number of benzene rings is 1. The average molecular weight is 340 g/mol. The maximum Gasteiger partial charge on any atom is 0.241 e. The average Bonchev–Trinajstić information content (AvgIpc) is 2.89. The highest BCUT2D eigenvalue weighted by atomic mass is 32.2. The van der Waals surface area contributed by atoms with Gasteiger partial charge in [-0.25, -0.2) is 13.1 Å². The molecule has 5 heteroatoms. The van der Waals surface area contributed by atoms with Crippen LogP contribution < -0.4 is 4.72 Å². The molecule has 1 aliphatic rings. The van der Waals surface area contributed by atoms with Crippen LogP contribution in [-0.4, -0.2) is 27.7 Å². The summed E-state index contributed by atoms with van der Waals surface area (Å²) in [5.74, 6) is 0. The number of sulfonamides is 1. The Bertz CT molecular complexity index is 630. The summed E-state index contributed by atoms with van der Waals surface area (Å²) in [7, 11) is -3.48. The van der Waals surface area contributed by atoms with E-state index < -0.39 is 10.0 Å². The molecule has 0 aromatic heterocycles. The van der Waals surface area contributed by atoms with Crippen molar-refractivity contribution in [3.63, 3.8) is 0 Å². The van der Waals surface area contributed by atoms with Gasteiger partial charge in [0.15, 0.2) is 0 Å². The highest BCUT2D eigenvalue weighted by molar-refractivity contribution is 7.89. The molecule has 0 bridgehead atoms. The van der Waals surface area contributed by atoms with E-state index in [0.717, 1.165) is 42.6 Å². The minimum atomic E-state index is -3.48. The molecule has 0 aliphatic carbocycles. The summed E-state index contributed by atoms with van der Waals surface area (Å²) in [6.07, 6.45) is 3.03. The molecular formula is C18H29NO3S. The van der Waals surface area contributed by atoms with Crippen LogP contribution in [0, 0.1) is 13.8 Å². The first-order chi connectivity index (χ1) is 10.6. The lowest BCUT2D eigenvalue weighted by Gasteiger charge is -2.22. The first-order valence-corrected chi connectivity index (χ1v) is 9.82. The van der Waals surface area contributed by atoms with Crippen molar-refractivity contribution >= 4 is 10.0 Å². The predicted octanol–water partition coefficient (Wildman–Crippen LogP) is 3.45. The van der Waals surface area contributed by atoms with E-state index in [1.165, 1.54) is 0 Å². The molecule has 0 radical (unpaired) electrons. The molecular weight excluding hydrogens is 310 g/mol. The lowest BCUT2D eigenvalue weighted by atomic mass is 9.85. The summed E-state index contributed by atoms with van der Waals surface area (Å²) >= 11 is 0. The van der Waals surface area contributed by atoms with Crippen LogP contribution in [-0.2, 0) is 20.2 Å². The van der Waals surface area contributed by atoms with Crippen LogP contribution in [0.5, 0.6) is 0 Å².